The smallest absolute Gasteiger partial charge is 0.0897 e. The lowest BCUT2D eigenvalue weighted by Gasteiger charge is -2.16. The molecule has 2 atom stereocenters. The molecule has 4 nitrogen and oxygen atoms in total. The van der Waals surface area contributed by atoms with Gasteiger partial charge in [0.25, 0.3) is 0 Å². The van der Waals surface area contributed by atoms with Crippen LogP contribution in [-0.2, 0) is 11.3 Å². The van der Waals surface area contributed by atoms with Crippen molar-refractivity contribution >= 4 is 11.6 Å². The Balaban J connectivity index is 2.13. The minimum absolute atomic E-state index is 0.150. The molecule has 0 bridgehead atoms. The van der Waals surface area contributed by atoms with Gasteiger partial charge < -0.3 is 20.3 Å². The second-order valence-corrected chi connectivity index (χ2v) is 5.05. The summed E-state index contributed by atoms with van der Waals surface area (Å²) >= 11 is 5.79. The lowest BCUT2D eigenvalue weighted by Crippen LogP contribution is -2.36. The molecule has 0 aliphatic carbocycles. The first-order valence-corrected chi connectivity index (χ1v) is 6.84. The fourth-order valence-corrected chi connectivity index (χ4v) is 1.71. The van der Waals surface area contributed by atoms with Crippen LogP contribution in [-0.4, -0.2) is 42.1 Å². The normalized spacial score (nSPS) is 14.3. The number of aliphatic hydroxyl groups is 2. The molecule has 0 spiro atoms. The molecular weight excluding hydrogens is 266 g/mol. The monoisotopic (exact) mass is 287 g/mol. The summed E-state index contributed by atoms with van der Waals surface area (Å²) in [6, 6.07) is 7.62. The van der Waals surface area contributed by atoms with E-state index >= 15 is 0 Å². The largest absolute Gasteiger partial charge is 0.396 e. The number of nitrogens with one attached hydrogen (secondary N) is 1. The summed E-state index contributed by atoms with van der Waals surface area (Å²) in [4.78, 5) is 0. The minimum atomic E-state index is -0.548. The fraction of sp³-hybridized carbons (Fsp3) is 0.571. The highest BCUT2D eigenvalue weighted by atomic mass is 35.5. The van der Waals surface area contributed by atoms with Gasteiger partial charge >= 0.3 is 0 Å². The van der Waals surface area contributed by atoms with Gasteiger partial charge in [0.05, 0.1) is 19.3 Å². The zero-order valence-corrected chi connectivity index (χ0v) is 11.9. The molecule has 108 valence electrons. The van der Waals surface area contributed by atoms with Gasteiger partial charge in [-0.3, -0.25) is 0 Å². The molecule has 0 saturated heterocycles. The highest BCUT2D eigenvalue weighted by Crippen LogP contribution is 2.10. The van der Waals surface area contributed by atoms with Gasteiger partial charge in [-0.1, -0.05) is 23.7 Å². The maximum absolute atomic E-state index is 9.72. The Morgan fingerprint density at radius 1 is 1.32 bits per heavy atom. The number of aliphatic hydroxyl groups excluding tert-OH is 2. The van der Waals surface area contributed by atoms with E-state index in [9.17, 15) is 5.11 Å². The number of ether oxygens (including phenoxy) is 1. The van der Waals surface area contributed by atoms with E-state index < -0.39 is 6.10 Å². The number of halogens is 1. The zero-order chi connectivity index (χ0) is 14.1. The molecule has 0 fully saturated rings. The molecule has 2 unspecified atom stereocenters. The molecule has 0 aliphatic rings. The highest BCUT2D eigenvalue weighted by Gasteiger charge is 2.07. The standard InChI is InChI=1S/C14H22ClNO3/c1-11(6-7-17)16-8-14(18)10-19-9-12-2-4-13(15)5-3-12/h2-5,11,14,16-18H,6-10H2,1H3. The first-order valence-electron chi connectivity index (χ1n) is 6.46. The van der Waals surface area contributed by atoms with E-state index in [0.29, 0.717) is 24.6 Å². The van der Waals surface area contributed by atoms with Gasteiger partial charge in [-0.05, 0) is 31.0 Å². The van der Waals surface area contributed by atoms with Crippen LogP contribution >= 0.6 is 11.6 Å². The van der Waals surface area contributed by atoms with Gasteiger partial charge in [-0.2, -0.15) is 0 Å². The predicted octanol–water partition coefficient (Wildman–Crippen LogP) is 1.58. The topological polar surface area (TPSA) is 61.7 Å². The molecule has 1 aromatic carbocycles. The quantitative estimate of drug-likeness (QED) is 0.645. The summed E-state index contributed by atoms with van der Waals surface area (Å²) in [5.41, 5.74) is 1.03. The van der Waals surface area contributed by atoms with Gasteiger partial charge in [0.1, 0.15) is 0 Å². The molecule has 19 heavy (non-hydrogen) atoms. The molecule has 1 rings (SSSR count). The average molecular weight is 288 g/mol. The van der Waals surface area contributed by atoms with E-state index in [0.717, 1.165) is 5.56 Å². The summed E-state index contributed by atoms with van der Waals surface area (Å²) in [6.45, 7) is 3.32. The van der Waals surface area contributed by atoms with Crippen LogP contribution in [0.15, 0.2) is 24.3 Å². The van der Waals surface area contributed by atoms with Gasteiger partial charge in [0, 0.05) is 24.2 Å². The van der Waals surface area contributed by atoms with Crippen LogP contribution in [0.3, 0.4) is 0 Å². The average Bonchev–Trinajstić information content (AvgIpc) is 2.39. The van der Waals surface area contributed by atoms with Crippen molar-refractivity contribution in [3.05, 3.63) is 34.9 Å². The first-order chi connectivity index (χ1) is 9.11. The molecule has 5 heteroatoms. The summed E-state index contributed by atoms with van der Waals surface area (Å²) in [6.07, 6.45) is 0.131. The van der Waals surface area contributed by atoms with Crippen molar-refractivity contribution in [1.29, 1.82) is 0 Å². The molecule has 0 aromatic heterocycles. The first kappa shape index (κ1) is 16.4. The van der Waals surface area contributed by atoms with E-state index in [1.54, 1.807) is 0 Å². The van der Waals surface area contributed by atoms with Crippen LogP contribution in [0.4, 0.5) is 0 Å². The number of rotatable bonds is 9. The molecular formula is C14H22ClNO3. The number of benzene rings is 1. The van der Waals surface area contributed by atoms with Gasteiger partial charge in [-0.15, -0.1) is 0 Å². The van der Waals surface area contributed by atoms with Crippen LogP contribution in [0.2, 0.25) is 5.02 Å². The van der Waals surface area contributed by atoms with Crippen molar-refractivity contribution in [3.63, 3.8) is 0 Å². The summed E-state index contributed by atoms with van der Waals surface area (Å²) < 4.78 is 5.43. The predicted molar refractivity (Wildman–Crippen MR) is 76.3 cm³/mol. The summed E-state index contributed by atoms with van der Waals surface area (Å²) in [5.74, 6) is 0. The molecule has 3 N–H and O–H groups in total. The molecule has 0 aliphatic heterocycles. The Labute approximate surface area is 119 Å². The second kappa shape index (κ2) is 9.28. The van der Waals surface area contributed by atoms with Crippen molar-refractivity contribution in [2.45, 2.75) is 32.1 Å². The SMILES string of the molecule is CC(CCO)NCC(O)COCc1ccc(Cl)cc1. The Kier molecular flexibility index (Phi) is 8.02. The minimum Gasteiger partial charge on any atom is -0.396 e. The second-order valence-electron chi connectivity index (χ2n) is 4.62. The molecule has 0 amide bonds. The van der Waals surface area contributed by atoms with Crippen LogP contribution in [0, 0.1) is 0 Å². The number of hydrogen-bond donors (Lipinski definition) is 3. The van der Waals surface area contributed by atoms with Crippen LogP contribution in [0.25, 0.3) is 0 Å². The fourth-order valence-electron chi connectivity index (χ4n) is 1.59. The van der Waals surface area contributed by atoms with E-state index in [2.05, 4.69) is 5.32 Å². The Hall–Kier alpha value is -0.650. The molecule has 0 radical (unpaired) electrons. The molecule has 0 heterocycles. The highest BCUT2D eigenvalue weighted by molar-refractivity contribution is 6.30. The van der Waals surface area contributed by atoms with Crippen LogP contribution < -0.4 is 5.32 Å². The van der Waals surface area contributed by atoms with Crippen LogP contribution in [0.1, 0.15) is 18.9 Å². The molecule has 0 saturated carbocycles. The third kappa shape index (κ3) is 7.50. The van der Waals surface area contributed by atoms with Crippen molar-refractivity contribution < 1.29 is 14.9 Å². The van der Waals surface area contributed by atoms with E-state index in [-0.39, 0.29) is 19.3 Å². The maximum atomic E-state index is 9.72. The molecule has 1 aromatic rings. The van der Waals surface area contributed by atoms with E-state index in [1.807, 2.05) is 31.2 Å². The van der Waals surface area contributed by atoms with Crippen molar-refractivity contribution in [3.8, 4) is 0 Å². The Bertz CT molecular complexity index is 345. The van der Waals surface area contributed by atoms with E-state index in [4.69, 9.17) is 21.4 Å². The zero-order valence-electron chi connectivity index (χ0n) is 11.2. The van der Waals surface area contributed by atoms with Crippen molar-refractivity contribution in [2.75, 3.05) is 19.8 Å². The van der Waals surface area contributed by atoms with Gasteiger partial charge in [0.15, 0.2) is 0 Å². The van der Waals surface area contributed by atoms with Crippen molar-refractivity contribution in [1.82, 2.24) is 5.32 Å². The van der Waals surface area contributed by atoms with Crippen molar-refractivity contribution in [2.24, 2.45) is 0 Å². The maximum Gasteiger partial charge on any atom is 0.0897 e. The number of hydrogen-bond acceptors (Lipinski definition) is 4. The Morgan fingerprint density at radius 2 is 2.00 bits per heavy atom. The Morgan fingerprint density at radius 3 is 2.63 bits per heavy atom. The van der Waals surface area contributed by atoms with Gasteiger partial charge in [-0.25, -0.2) is 0 Å². The summed E-state index contributed by atoms with van der Waals surface area (Å²) in [7, 11) is 0. The third-order valence-corrected chi connectivity index (χ3v) is 3.01. The van der Waals surface area contributed by atoms with Crippen LogP contribution in [0.5, 0.6) is 0 Å². The third-order valence-electron chi connectivity index (χ3n) is 2.76. The van der Waals surface area contributed by atoms with Gasteiger partial charge in [0.2, 0.25) is 0 Å². The summed E-state index contributed by atoms with van der Waals surface area (Å²) in [5, 5.41) is 22.3. The van der Waals surface area contributed by atoms with E-state index in [1.165, 1.54) is 0 Å². The lowest BCUT2D eigenvalue weighted by atomic mass is 10.2. The lowest BCUT2D eigenvalue weighted by molar-refractivity contribution is 0.0275.